The zero-order valence-corrected chi connectivity index (χ0v) is 10.7. The minimum Gasteiger partial charge on any atom is -0.367 e. The van der Waals surface area contributed by atoms with E-state index < -0.39 is 0 Å². The first kappa shape index (κ1) is 10.6. The van der Waals surface area contributed by atoms with Gasteiger partial charge in [-0.25, -0.2) is 4.98 Å². The molecule has 2 aromatic rings. The van der Waals surface area contributed by atoms with E-state index in [0.717, 1.165) is 11.5 Å². The van der Waals surface area contributed by atoms with Gasteiger partial charge in [0.1, 0.15) is 11.5 Å². The molecule has 3 rings (SSSR count). The number of aromatic amines is 1. The molecule has 0 unspecified atom stereocenters. The van der Waals surface area contributed by atoms with Crippen LogP contribution in [0.4, 0.5) is 5.82 Å². The number of hydrogen-bond acceptors (Lipinski definition) is 2. The fraction of sp³-hybridized carbons (Fsp3) is 0.500. The van der Waals surface area contributed by atoms with Crippen LogP contribution in [0, 0.1) is 0 Å². The summed E-state index contributed by atoms with van der Waals surface area (Å²) in [5.74, 6) is 1.05. The molecule has 1 fully saturated rings. The van der Waals surface area contributed by atoms with E-state index >= 15 is 0 Å². The highest BCUT2D eigenvalue weighted by atomic mass is 15.1. The van der Waals surface area contributed by atoms with E-state index in [1.165, 1.54) is 23.8 Å². The van der Waals surface area contributed by atoms with Gasteiger partial charge in [0.25, 0.3) is 0 Å². The van der Waals surface area contributed by atoms with Crippen molar-refractivity contribution in [3.8, 4) is 0 Å². The number of fused-ring (bicyclic) bond motifs is 1. The van der Waals surface area contributed by atoms with Gasteiger partial charge in [-0.05, 0) is 30.4 Å². The Bertz CT molecular complexity index is 544. The highest BCUT2D eigenvalue weighted by Gasteiger charge is 2.26. The maximum Gasteiger partial charge on any atom is 0.139 e. The predicted octanol–water partition coefficient (Wildman–Crippen LogP) is 3.43. The SMILES string of the molecule is CC(C)(C)c1cc2cc[nH]c2nc1NC1CC1. The Balaban J connectivity index is 2.13. The van der Waals surface area contributed by atoms with Crippen molar-refractivity contribution in [1.82, 2.24) is 9.97 Å². The second-order valence-corrected chi connectivity index (χ2v) is 5.97. The summed E-state index contributed by atoms with van der Waals surface area (Å²) in [5, 5.41) is 4.73. The molecule has 0 aromatic carbocycles. The van der Waals surface area contributed by atoms with Crippen LogP contribution < -0.4 is 5.32 Å². The summed E-state index contributed by atoms with van der Waals surface area (Å²) >= 11 is 0. The summed E-state index contributed by atoms with van der Waals surface area (Å²) in [6, 6.07) is 4.97. The molecule has 2 N–H and O–H groups in total. The summed E-state index contributed by atoms with van der Waals surface area (Å²) < 4.78 is 0. The smallest absolute Gasteiger partial charge is 0.139 e. The van der Waals surface area contributed by atoms with E-state index in [1.54, 1.807) is 0 Å². The maximum absolute atomic E-state index is 4.72. The highest BCUT2D eigenvalue weighted by Crippen LogP contribution is 2.33. The molecule has 1 aliphatic rings. The van der Waals surface area contributed by atoms with E-state index in [-0.39, 0.29) is 5.41 Å². The maximum atomic E-state index is 4.72. The van der Waals surface area contributed by atoms with Crippen LogP contribution >= 0.6 is 0 Å². The van der Waals surface area contributed by atoms with E-state index in [4.69, 9.17) is 4.98 Å². The first-order chi connectivity index (χ1) is 8.04. The normalized spacial score (nSPS) is 16.4. The molecule has 0 spiro atoms. The van der Waals surface area contributed by atoms with Crippen LogP contribution in [0.2, 0.25) is 0 Å². The van der Waals surface area contributed by atoms with Gasteiger partial charge >= 0.3 is 0 Å². The molecule has 0 radical (unpaired) electrons. The third kappa shape index (κ3) is 2.02. The van der Waals surface area contributed by atoms with Gasteiger partial charge in [-0.3, -0.25) is 0 Å². The molecule has 3 heteroatoms. The van der Waals surface area contributed by atoms with Crippen molar-refractivity contribution < 1.29 is 0 Å². The van der Waals surface area contributed by atoms with Crippen molar-refractivity contribution in [3.05, 3.63) is 23.9 Å². The average molecular weight is 229 g/mol. The number of nitrogens with one attached hydrogen (secondary N) is 2. The third-order valence-corrected chi connectivity index (χ3v) is 3.26. The van der Waals surface area contributed by atoms with Gasteiger partial charge in [0.15, 0.2) is 0 Å². The lowest BCUT2D eigenvalue weighted by molar-refractivity contribution is 0.590. The summed E-state index contributed by atoms with van der Waals surface area (Å²) in [7, 11) is 0. The Morgan fingerprint density at radius 1 is 1.35 bits per heavy atom. The first-order valence-electron chi connectivity index (χ1n) is 6.29. The molecule has 1 saturated carbocycles. The Morgan fingerprint density at radius 2 is 2.12 bits per heavy atom. The van der Waals surface area contributed by atoms with Gasteiger partial charge in [-0.15, -0.1) is 0 Å². The average Bonchev–Trinajstić information content (AvgIpc) is 2.93. The van der Waals surface area contributed by atoms with E-state index in [0.29, 0.717) is 6.04 Å². The van der Waals surface area contributed by atoms with Crippen molar-refractivity contribution >= 4 is 16.9 Å². The van der Waals surface area contributed by atoms with Crippen LogP contribution in [0.25, 0.3) is 11.0 Å². The number of H-pyrrole nitrogens is 1. The minimum atomic E-state index is 0.121. The largest absolute Gasteiger partial charge is 0.367 e. The highest BCUT2D eigenvalue weighted by molar-refractivity contribution is 5.79. The fourth-order valence-electron chi connectivity index (χ4n) is 2.08. The molecular weight excluding hydrogens is 210 g/mol. The number of nitrogens with zero attached hydrogens (tertiary/aromatic N) is 1. The second-order valence-electron chi connectivity index (χ2n) is 5.97. The lowest BCUT2D eigenvalue weighted by atomic mass is 9.87. The molecule has 0 bridgehead atoms. The van der Waals surface area contributed by atoms with E-state index in [1.807, 2.05) is 6.20 Å². The van der Waals surface area contributed by atoms with Crippen LogP contribution in [0.5, 0.6) is 0 Å². The molecule has 1 aliphatic carbocycles. The van der Waals surface area contributed by atoms with Crippen LogP contribution in [-0.4, -0.2) is 16.0 Å². The molecule has 17 heavy (non-hydrogen) atoms. The molecule has 3 nitrogen and oxygen atoms in total. The standard InChI is InChI=1S/C14H19N3/c1-14(2,3)11-8-9-6-7-15-12(9)17-13(11)16-10-4-5-10/h6-8,10H,4-5H2,1-3H3,(H2,15,16,17). The van der Waals surface area contributed by atoms with Crippen LogP contribution in [0.1, 0.15) is 39.2 Å². The molecular formula is C14H19N3. The Kier molecular flexibility index (Phi) is 2.18. The number of anilines is 1. The number of aromatic nitrogens is 2. The zero-order valence-electron chi connectivity index (χ0n) is 10.7. The topological polar surface area (TPSA) is 40.7 Å². The Labute approximate surface area is 102 Å². The summed E-state index contributed by atoms with van der Waals surface area (Å²) in [4.78, 5) is 7.90. The Hall–Kier alpha value is -1.51. The van der Waals surface area contributed by atoms with Crippen LogP contribution in [-0.2, 0) is 5.41 Å². The number of hydrogen-bond donors (Lipinski definition) is 2. The van der Waals surface area contributed by atoms with Crippen molar-refractivity contribution in [2.75, 3.05) is 5.32 Å². The van der Waals surface area contributed by atoms with Crippen molar-refractivity contribution in [2.45, 2.75) is 45.1 Å². The van der Waals surface area contributed by atoms with Gasteiger partial charge < -0.3 is 10.3 Å². The van der Waals surface area contributed by atoms with Gasteiger partial charge in [0.2, 0.25) is 0 Å². The van der Waals surface area contributed by atoms with Crippen molar-refractivity contribution in [3.63, 3.8) is 0 Å². The van der Waals surface area contributed by atoms with Gasteiger partial charge in [0.05, 0.1) is 0 Å². The first-order valence-corrected chi connectivity index (χ1v) is 6.29. The Morgan fingerprint density at radius 3 is 2.76 bits per heavy atom. The molecule has 0 aliphatic heterocycles. The zero-order chi connectivity index (χ0) is 12.0. The summed E-state index contributed by atoms with van der Waals surface area (Å²) in [6.07, 6.45) is 4.49. The fourth-order valence-corrected chi connectivity index (χ4v) is 2.08. The molecule has 0 amide bonds. The molecule has 2 aromatic heterocycles. The van der Waals surface area contributed by atoms with Gasteiger partial charge in [-0.1, -0.05) is 20.8 Å². The monoisotopic (exact) mass is 229 g/mol. The van der Waals surface area contributed by atoms with E-state index in [9.17, 15) is 0 Å². The van der Waals surface area contributed by atoms with Crippen LogP contribution in [0.15, 0.2) is 18.3 Å². The molecule has 90 valence electrons. The lowest BCUT2D eigenvalue weighted by Crippen LogP contribution is -2.17. The van der Waals surface area contributed by atoms with Gasteiger partial charge in [0, 0.05) is 23.2 Å². The minimum absolute atomic E-state index is 0.121. The van der Waals surface area contributed by atoms with Crippen molar-refractivity contribution in [1.29, 1.82) is 0 Å². The second kappa shape index (κ2) is 3.49. The third-order valence-electron chi connectivity index (χ3n) is 3.26. The predicted molar refractivity (Wildman–Crippen MR) is 71.4 cm³/mol. The number of rotatable bonds is 2. The van der Waals surface area contributed by atoms with Crippen molar-refractivity contribution in [2.24, 2.45) is 0 Å². The number of pyridine rings is 1. The molecule has 0 atom stereocenters. The van der Waals surface area contributed by atoms with Gasteiger partial charge in [-0.2, -0.15) is 0 Å². The summed E-state index contributed by atoms with van der Waals surface area (Å²) in [6.45, 7) is 6.71. The molecule has 2 heterocycles. The quantitative estimate of drug-likeness (QED) is 0.828. The molecule has 0 saturated heterocycles. The summed E-state index contributed by atoms with van der Waals surface area (Å²) in [5.41, 5.74) is 2.40. The lowest BCUT2D eigenvalue weighted by Gasteiger charge is -2.22. The van der Waals surface area contributed by atoms with Crippen LogP contribution in [0.3, 0.4) is 0 Å². The van der Waals surface area contributed by atoms with E-state index in [2.05, 4.69) is 43.2 Å².